The smallest absolute Gasteiger partial charge is 0.100 e. The van der Waals surface area contributed by atoms with E-state index in [-0.39, 0.29) is 0 Å². The van der Waals surface area contributed by atoms with Gasteiger partial charge in [0.2, 0.25) is 0 Å². The summed E-state index contributed by atoms with van der Waals surface area (Å²) in [5.41, 5.74) is 5.77. The Kier molecular flexibility index (Phi) is 3.01. The molecule has 1 aliphatic rings. The van der Waals surface area contributed by atoms with Gasteiger partial charge in [0.25, 0.3) is 0 Å². The molecular formula is C15H9Br2N. The largest absolute Gasteiger partial charge is 0.192 e. The van der Waals surface area contributed by atoms with Crippen molar-refractivity contribution in [3.8, 4) is 17.2 Å². The van der Waals surface area contributed by atoms with Gasteiger partial charge in [-0.1, -0.05) is 24.3 Å². The molecule has 0 aromatic heterocycles. The van der Waals surface area contributed by atoms with Gasteiger partial charge in [0, 0.05) is 8.95 Å². The lowest BCUT2D eigenvalue weighted by Crippen LogP contribution is -2.05. The Morgan fingerprint density at radius 3 is 2.56 bits per heavy atom. The first-order chi connectivity index (χ1) is 8.72. The highest BCUT2D eigenvalue weighted by Gasteiger charge is 2.21. The van der Waals surface area contributed by atoms with Crippen LogP contribution in [-0.2, 0) is 12.8 Å². The number of fused-ring (bicyclic) bond motifs is 3. The minimum atomic E-state index is 0.678. The van der Waals surface area contributed by atoms with Crippen molar-refractivity contribution in [2.24, 2.45) is 0 Å². The maximum absolute atomic E-state index is 9.19. The summed E-state index contributed by atoms with van der Waals surface area (Å²) in [6.07, 6.45) is 2.07. The standard InChI is InChI=1S/C15H9Br2N/c16-14-10(8-18)7-13-11-4-2-1-3-9(11)5-6-12(13)15(14)17/h1-4,7H,5-6H2. The third-order valence-corrected chi connectivity index (χ3v) is 5.61. The first kappa shape index (κ1) is 12.0. The number of aryl methyl sites for hydroxylation is 1. The van der Waals surface area contributed by atoms with E-state index in [1.165, 1.54) is 22.3 Å². The molecular weight excluding hydrogens is 354 g/mol. The molecule has 88 valence electrons. The van der Waals surface area contributed by atoms with Gasteiger partial charge in [-0.15, -0.1) is 0 Å². The van der Waals surface area contributed by atoms with E-state index in [9.17, 15) is 5.26 Å². The molecule has 0 saturated carbocycles. The molecule has 1 nitrogen and oxygen atoms in total. The number of nitrogens with zero attached hydrogens (tertiary/aromatic N) is 1. The first-order valence-corrected chi connectivity index (χ1v) is 7.30. The topological polar surface area (TPSA) is 23.8 Å². The Balaban J connectivity index is 2.35. The highest BCUT2D eigenvalue weighted by Crippen LogP contribution is 2.41. The van der Waals surface area contributed by atoms with Crippen LogP contribution < -0.4 is 0 Å². The molecule has 0 atom stereocenters. The third-order valence-electron chi connectivity index (χ3n) is 3.38. The molecule has 0 radical (unpaired) electrons. The van der Waals surface area contributed by atoms with Crippen LogP contribution in [0.5, 0.6) is 0 Å². The van der Waals surface area contributed by atoms with Crippen molar-refractivity contribution in [1.29, 1.82) is 5.26 Å². The maximum Gasteiger partial charge on any atom is 0.100 e. The van der Waals surface area contributed by atoms with E-state index in [0.717, 1.165) is 21.8 Å². The summed E-state index contributed by atoms with van der Waals surface area (Å²) < 4.78 is 1.88. The van der Waals surface area contributed by atoms with Crippen LogP contribution in [0.25, 0.3) is 11.1 Å². The number of halogens is 2. The quantitative estimate of drug-likeness (QED) is 0.657. The Labute approximate surface area is 123 Å². The number of hydrogen-bond acceptors (Lipinski definition) is 1. The fraction of sp³-hybridized carbons (Fsp3) is 0.133. The summed E-state index contributed by atoms with van der Waals surface area (Å²) in [6.45, 7) is 0. The summed E-state index contributed by atoms with van der Waals surface area (Å²) in [7, 11) is 0. The minimum absolute atomic E-state index is 0.678. The zero-order valence-electron chi connectivity index (χ0n) is 9.50. The van der Waals surface area contributed by atoms with Crippen molar-refractivity contribution in [2.75, 3.05) is 0 Å². The molecule has 0 aliphatic heterocycles. The lowest BCUT2D eigenvalue weighted by molar-refractivity contribution is 0.934. The zero-order chi connectivity index (χ0) is 12.7. The van der Waals surface area contributed by atoms with Gasteiger partial charge in [-0.25, -0.2) is 0 Å². The van der Waals surface area contributed by atoms with E-state index in [4.69, 9.17) is 0 Å². The summed E-state index contributed by atoms with van der Waals surface area (Å²) in [5.74, 6) is 0. The second kappa shape index (κ2) is 4.53. The molecule has 0 N–H and O–H groups in total. The van der Waals surface area contributed by atoms with Gasteiger partial charge in [0.05, 0.1) is 5.56 Å². The van der Waals surface area contributed by atoms with Gasteiger partial charge in [-0.05, 0) is 73.0 Å². The summed E-state index contributed by atoms with van der Waals surface area (Å²) in [4.78, 5) is 0. The molecule has 3 heteroatoms. The number of hydrogen-bond donors (Lipinski definition) is 0. The fourth-order valence-corrected chi connectivity index (χ4v) is 3.56. The normalized spacial score (nSPS) is 12.5. The van der Waals surface area contributed by atoms with Gasteiger partial charge in [-0.2, -0.15) is 5.26 Å². The second-order valence-electron chi connectivity index (χ2n) is 4.35. The molecule has 0 spiro atoms. The Bertz CT molecular complexity index is 684. The molecule has 1 aliphatic carbocycles. The van der Waals surface area contributed by atoms with E-state index in [1.54, 1.807) is 0 Å². The van der Waals surface area contributed by atoms with E-state index in [2.05, 4.69) is 62.2 Å². The Morgan fingerprint density at radius 1 is 1.00 bits per heavy atom. The van der Waals surface area contributed by atoms with Crippen molar-refractivity contribution in [3.63, 3.8) is 0 Å². The molecule has 0 heterocycles. The molecule has 0 bridgehead atoms. The van der Waals surface area contributed by atoms with E-state index in [1.807, 2.05) is 6.07 Å². The van der Waals surface area contributed by atoms with Crippen LogP contribution in [0.2, 0.25) is 0 Å². The molecule has 0 unspecified atom stereocenters. The van der Waals surface area contributed by atoms with E-state index >= 15 is 0 Å². The van der Waals surface area contributed by atoms with Gasteiger partial charge >= 0.3 is 0 Å². The third kappa shape index (κ3) is 1.72. The van der Waals surface area contributed by atoms with Crippen LogP contribution in [0.4, 0.5) is 0 Å². The van der Waals surface area contributed by atoms with E-state index in [0.29, 0.717) is 5.56 Å². The molecule has 3 rings (SSSR count). The molecule has 0 saturated heterocycles. The van der Waals surface area contributed by atoms with Crippen LogP contribution in [0, 0.1) is 11.3 Å². The highest BCUT2D eigenvalue weighted by atomic mass is 79.9. The maximum atomic E-state index is 9.19. The molecule has 2 aromatic rings. The second-order valence-corrected chi connectivity index (χ2v) is 5.93. The van der Waals surface area contributed by atoms with Crippen LogP contribution in [0.15, 0.2) is 39.3 Å². The average molecular weight is 363 g/mol. The first-order valence-electron chi connectivity index (χ1n) is 5.71. The molecule has 0 amide bonds. The summed E-state index contributed by atoms with van der Waals surface area (Å²) >= 11 is 7.10. The number of nitriles is 1. The van der Waals surface area contributed by atoms with Gasteiger partial charge in [0.15, 0.2) is 0 Å². The summed E-state index contributed by atoms with van der Waals surface area (Å²) in [5, 5.41) is 9.19. The molecule has 0 fully saturated rings. The van der Waals surface area contributed by atoms with Crippen LogP contribution in [0.1, 0.15) is 16.7 Å². The molecule has 2 aromatic carbocycles. The van der Waals surface area contributed by atoms with Gasteiger partial charge in [-0.3, -0.25) is 0 Å². The average Bonchev–Trinajstić information content (AvgIpc) is 2.42. The fourth-order valence-electron chi connectivity index (χ4n) is 2.49. The van der Waals surface area contributed by atoms with Gasteiger partial charge < -0.3 is 0 Å². The lowest BCUT2D eigenvalue weighted by atomic mass is 9.85. The number of rotatable bonds is 0. The Morgan fingerprint density at radius 2 is 1.78 bits per heavy atom. The number of benzene rings is 2. The van der Waals surface area contributed by atoms with Crippen molar-refractivity contribution in [1.82, 2.24) is 0 Å². The van der Waals surface area contributed by atoms with Crippen molar-refractivity contribution >= 4 is 31.9 Å². The van der Waals surface area contributed by atoms with Crippen LogP contribution in [0.3, 0.4) is 0 Å². The van der Waals surface area contributed by atoms with E-state index < -0.39 is 0 Å². The van der Waals surface area contributed by atoms with Crippen molar-refractivity contribution in [3.05, 3.63) is 56.0 Å². The predicted octanol–water partition coefficient (Wildman–Crippen LogP) is 4.85. The Hall–Kier alpha value is -1.11. The van der Waals surface area contributed by atoms with Crippen molar-refractivity contribution in [2.45, 2.75) is 12.8 Å². The monoisotopic (exact) mass is 361 g/mol. The molecule has 18 heavy (non-hydrogen) atoms. The lowest BCUT2D eigenvalue weighted by Gasteiger charge is -2.22. The zero-order valence-corrected chi connectivity index (χ0v) is 12.7. The van der Waals surface area contributed by atoms with Crippen LogP contribution in [-0.4, -0.2) is 0 Å². The minimum Gasteiger partial charge on any atom is -0.192 e. The highest BCUT2D eigenvalue weighted by molar-refractivity contribution is 9.13. The van der Waals surface area contributed by atoms with Gasteiger partial charge in [0.1, 0.15) is 6.07 Å². The summed E-state index contributed by atoms with van der Waals surface area (Å²) in [6, 6.07) is 12.7. The van der Waals surface area contributed by atoms with Crippen molar-refractivity contribution < 1.29 is 0 Å². The predicted molar refractivity (Wildman–Crippen MR) is 79.4 cm³/mol. The SMILES string of the molecule is N#Cc1cc2c(c(Br)c1Br)CCc1ccccc1-2. The van der Waals surface area contributed by atoms with Crippen LogP contribution >= 0.6 is 31.9 Å².